The van der Waals surface area contributed by atoms with E-state index in [1.54, 1.807) is 12.4 Å². The fourth-order valence-corrected chi connectivity index (χ4v) is 5.56. The molecule has 0 saturated carbocycles. The van der Waals surface area contributed by atoms with E-state index in [0.717, 1.165) is 16.7 Å². The molecule has 0 fully saturated rings. The lowest BCUT2D eigenvalue weighted by Gasteiger charge is -2.22. The highest BCUT2D eigenvalue weighted by atomic mass is 28.3. The second-order valence-electron chi connectivity index (χ2n) is 7.27. The number of nitrogens with zero attached hydrogens (tertiary/aromatic N) is 2. The summed E-state index contributed by atoms with van der Waals surface area (Å²) in [5.41, 5.74) is 2.25. The molecule has 0 aliphatic heterocycles. The number of aromatic amines is 1. The maximum absolute atomic E-state index is 13.2. The van der Waals surface area contributed by atoms with Gasteiger partial charge in [-0.3, -0.25) is 9.78 Å². The minimum Gasteiger partial charge on any atom is -0.345 e. The predicted octanol–water partition coefficient (Wildman–Crippen LogP) is 3.53. The van der Waals surface area contributed by atoms with Crippen LogP contribution in [0.15, 0.2) is 85.3 Å². The lowest BCUT2D eigenvalue weighted by atomic mass is 10.0. The average molecular weight is 384 g/mol. The highest BCUT2D eigenvalue weighted by Crippen LogP contribution is 2.18. The van der Waals surface area contributed by atoms with Gasteiger partial charge in [-0.2, -0.15) is 0 Å². The molecule has 0 atom stereocenters. The summed E-state index contributed by atoms with van der Waals surface area (Å²) in [7, 11) is -1.97. The first kappa shape index (κ1) is 18.1. The van der Waals surface area contributed by atoms with Gasteiger partial charge in [0.25, 0.3) is 0 Å². The second kappa shape index (κ2) is 7.36. The maximum Gasteiger partial charge on any atom is 0.193 e. The third kappa shape index (κ3) is 3.44. The highest BCUT2D eigenvalue weighted by Gasteiger charge is 2.28. The molecule has 0 aliphatic rings. The first-order valence-corrected chi connectivity index (χ1v) is 12.2. The van der Waals surface area contributed by atoms with Gasteiger partial charge in [0.15, 0.2) is 5.78 Å². The zero-order chi connectivity index (χ0) is 19.6. The van der Waals surface area contributed by atoms with Crippen molar-refractivity contribution in [3.05, 3.63) is 96.4 Å². The van der Waals surface area contributed by atoms with Crippen LogP contribution < -0.4 is 10.5 Å². The third-order valence-electron chi connectivity index (χ3n) is 5.05. The third-order valence-corrected chi connectivity index (χ3v) is 8.38. The van der Waals surface area contributed by atoms with Gasteiger partial charge in [0.2, 0.25) is 0 Å². The Labute approximate surface area is 165 Å². The van der Waals surface area contributed by atoms with Gasteiger partial charge < -0.3 is 4.98 Å². The summed E-state index contributed by atoms with van der Waals surface area (Å²) in [5.74, 6) is 0.771. The monoisotopic (exact) mass is 383 g/mol. The lowest BCUT2D eigenvalue weighted by molar-refractivity contribution is 0.103. The number of ketones is 1. The van der Waals surface area contributed by atoms with Crippen molar-refractivity contribution in [3.63, 3.8) is 0 Å². The van der Waals surface area contributed by atoms with E-state index in [9.17, 15) is 4.79 Å². The molecule has 4 nitrogen and oxygen atoms in total. The van der Waals surface area contributed by atoms with Gasteiger partial charge in [0, 0.05) is 40.6 Å². The van der Waals surface area contributed by atoms with Crippen molar-refractivity contribution >= 4 is 24.4 Å². The molecule has 1 N–H and O–H groups in total. The summed E-state index contributed by atoms with van der Waals surface area (Å²) in [6, 6.07) is 21.6. The molecule has 2 aromatic carbocycles. The Morgan fingerprint density at radius 1 is 0.857 bits per heavy atom. The molecule has 0 amide bonds. The van der Waals surface area contributed by atoms with Crippen LogP contribution in [0.4, 0.5) is 0 Å². The standard InChI is InChI=1S/C23H21N3OSi/c1-28(2,21-11-3-4-12-24-21)20-10-6-8-18(16-20)22(27)17-7-5-9-19(15-17)23-25-13-14-26-23/h3-16H,1-2H3,(H,25,26). The van der Waals surface area contributed by atoms with Crippen molar-refractivity contribution in [2.45, 2.75) is 13.1 Å². The van der Waals surface area contributed by atoms with Gasteiger partial charge in [-0.05, 0) is 18.2 Å². The van der Waals surface area contributed by atoms with Crippen LogP contribution in [0.5, 0.6) is 0 Å². The molecule has 0 spiro atoms. The topological polar surface area (TPSA) is 58.6 Å². The number of nitrogens with one attached hydrogen (secondary N) is 1. The number of rotatable bonds is 5. The molecule has 138 valence electrons. The fourth-order valence-electron chi connectivity index (χ4n) is 3.33. The number of H-pyrrole nitrogens is 1. The average Bonchev–Trinajstić information content (AvgIpc) is 3.29. The van der Waals surface area contributed by atoms with Gasteiger partial charge >= 0.3 is 0 Å². The SMILES string of the molecule is C[Si](C)(c1cccc(C(=O)c2cccc(-c3ncc[nH]3)c2)c1)c1ccccn1. The minimum atomic E-state index is -1.97. The van der Waals surface area contributed by atoms with E-state index in [-0.39, 0.29) is 5.78 Å². The van der Waals surface area contributed by atoms with Crippen LogP contribution in [-0.4, -0.2) is 28.8 Å². The molecule has 4 aromatic rings. The van der Waals surface area contributed by atoms with E-state index in [1.165, 1.54) is 5.19 Å². The molecule has 0 bridgehead atoms. The number of hydrogen-bond donors (Lipinski definition) is 1. The van der Waals surface area contributed by atoms with Crippen molar-refractivity contribution in [1.29, 1.82) is 0 Å². The van der Waals surface area contributed by atoms with Gasteiger partial charge in [-0.25, -0.2) is 4.98 Å². The second-order valence-corrected chi connectivity index (χ2v) is 11.6. The van der Waals surface area contributed by atoms with E-state index < -0.39 is 8.07 Å². The molecule has 5 heteroatoms. The summed E-state index contributed by atoms with van der Waals surface area (Å²) in [4.78, 5) is 25.1. The Kier molecular flexibility index (Phi) is 4.75. The molecular formula is C23H21N3OSi. The molecule has 0 unspecified atom stereocenters. The normalized spacial score (nSPS) is 11.4. The van der Waals surface area contributed by atoms with Crippen molar-refractivity contribution in [2.24, 2.45) is 0 Å². The summed E-state index contributed by atoms with van der Waals surface area (Å²) in [5, 5.41) is 2.30. The van der Waals surface area contributed by atoms with Crippen LogP contribution in [0.2, 0.25) is 13.1 Å². The smallest absolute Gasteiger partial charge is 0.193 e. The molecule has 0 saturated heterocycles. The fraction of sp³-hybridized carbons (Fsp3) is 0.0870. The number of aromatic nitrogens is 3. The molecule has 0 aliphatic carbocycles. The summed E-state index contributed by atoms with van der Waals surface area (Å²) < 4.78 is 0. The van der Waals surface area contributed by atoms with E-state index in [2.05, 4.69) is 40.2 Å². The molecule has 4 rings (SSSR count). The largest absolute Gasteiger partial charge is 0.345 e. The van der Waals surface area contributed by atoms with E-state index in [1.807, 2.05) is 60.8 Å². The van der Waals surface area contributed by atoms with Gasteiger partial charge in [-0.1, -0.05) is 66.8 Å². The molecule has 28 heavy (non-hydrogen) atoms. The van der Waals surface area contributed by atoms with Crippen LogP contribution in [0.1, 0.15) is 15.9 Å². The van der Waals surface area contributed by atoms with E-state index in [4.69, 9.17) is 0 Å². The predicted molar refractivity (Wildman–Crippen MR) is 115 cm³/mol. The maximum atomic E-state index is 13.2. The number of imidazole rings is 1. The quantitative estimate of drug-likeness (QED) is 0.424. The number of pyridine rings is 1. The van der Waals surface area contributed by atoms with Crippen LogP contribution in [0, 0.1) is 0 Å². The zero-order valence-electron chi connectivity index (χ0n) is 15.9. The van der Waals surface area contributed by atoms with Gasteiger partial charge in [-0.15, -0.1) is 0 Å². The van der Waals surface area contributed by atoms with Crippen molar-refractivity contribution in [1.82, 2.24) is 15.0 Å². The zero-order valence-corrected chi connectivity index (χ0v) is 16.9. The van der Waals surface area contributed by atoms with Gasteiger partial charge in [0.1, 0.15) is 13.9 Å². The Balaban J connectivity index is 1.68. The summed E-state index contributed by atoms with van der Waals surface area (Å²) in [6.07, 6.45) is 5.31. The Morgan fingerprint density at radius 3 is 2.36 bits per heavy atom. The summed E-state index contributed by atoms with van der Waals surface area (Å²) in [6.45, 7) is 4.52. The highest BCUT2D eigenvalue weighted by molar-refractivity contribution is 6.99. The molecule has 2 heterocycles. The first-order chi connectivity index (χ1) is 13.6. The van der Waals surface area contributed by atoms with Gasteiger partial charge in [0.05, 0.1) is 0 Å². The Morgan fingerprint density at radius 2 is 1.64 bits per heavy atom. The van der Waals surface area contributed by atoms with E-state index >= 15 is 0 Å². The van der Waals surface area contributed by atoms with Crippen LogP contribution >= 0.6 is 0 Å². The molecular weight excluding hydrogens is 362 g/mol. The number of hydrogen-bond acceptors (Lipinski definition) is 3. The minimum absolute atomic E-state index is 0.0149. The Bertz CT molecular complexity index is 1110. The Hall–Kier alpha value is -3.31. The first-order valence-electron chi connectivity index (χ1n) is 9.22. The van der Waals surface area contributed by atoms with Crippen LogP contribution in [-0.2, 0) is 0 Å². The summed E-state index contributed by atoms with van der Waals surface area (Å²) >= 11 is 0. The number of carbonyl (C=O) groups excluding carboxylic acids is 1. The number of benzene rings is 2. The molecule has 2 aromatic heterocycles. The van der Waals surface area contributed by atoms with Crippen molar-refractivity contribution in [3.8, 4) is 11.4 Å². The van der Waals surface area contributed by atoms with E-state index in [0.29, 0.717) is 11.1 Å². The van der Waals surface area contributed by atoms with Crippen LogP contribution in [0.3, 0.4) is 0 Å². The van der Waals surface area contributed by atoms with Crippen molar-refractivity contribution in [2.75, 3.05) is 0 Å². The molecule has 0 radical (unpaired) electrons. The lowest BCUT2D eigenvalue weighted by Crippen LogP contribution is -2.54. The van der Waals surface area contributed by atoms with Crippen molar-refractivity contribution < 1.29 is 4.79 Å². The van der Waals surface area contributed by atoms with Crippen LogP contribution in [0.25, 0.3) is 11.4 Å². The number of carbonyl (C=O) groups is 1.